The van der Waals surface area contributed by atoms with E-state index in [2.05, 4.69) is 66.7 Å². The molecule has 0 aliphatic carbocycles. The van der Waals surface area contributed by atoms with Gasteiger partial charge in [-0.3, -0.25) is 0 Å². The Morgan fingerprint density at radius 2 is 0.921 bits per heavy atom. The van der Waals surface area contributed by atoms with Gasteiger partial charge in [-0.2, -0.15) is 0 Å². The second kappa shape index (κ2) is 9.34. The summed E-state index contributed by atoms with van der Waals surface area (Å²) in [5, 5.41) is 1.89. The summed E-state index contributed by atoms with van der Waals surface area (Å²) in [5.74, 6) is 1.38. The van der Waals surface area contributed by atoms with E-state index in [0.717, 1.165) is 44.2 Å². The third kappa shape index (κ3) is 3.98. The van der Waals surface area contributed by atoms with Gasteiger partial charge < -0.3 is 0 Å². The first kappa shape index (κ1) is 22.0. The molecule has 0 spiro atoms. The predicted octanol–water partition coefficient (Wildman–Crippen LogP) is 8.24. The fraction of sp³-hybridized carbons (Fsp3) is 0. The first-order valence-electron chi connectivity index (χ1n) is 12.6. The average molecular weight is 487 g/mol. The third-order valence-electron chi connectivity index (χ3n) is 6.76. The summed E-state index contributed by atoms with van der Waals surface area (Å²) in [5.41, 5.74) is 7.95. The van der Waals surface area contributed by atoms with Crippen LogP contribution < -0.4 is 0 Å². The summed E-state index contributed by atoms with van der Waals surface area (Å²) in [4.78, 5) is 19.7. The summed E-state index contributed by atoms with van der Waals surface area (Å²) in [6.07, 6.45) is 1.89. The molecule has 7 rings (SSSR count). The second-order valence-electron chi connectivity index (χ2n) is 9.16. The monoisotopic (exact) mass is 486 g/mol. The van der Waals surface area contributed by atoms with Gasteiger partial charge in [-0.1, -0.05) is 115 Å². The molecular weight excluding hydrogens is 464 g/mol. The van der Waals surface area contributed by atoms with E-state index in [0.29, 0.717) is 11.6 Å². The van der Waals surface area contributed by atoms with Crippen LogP contribution in [0.3, 0.4) is 0 Å². The highest BCUT2D eigenvalue weighted by Gasteiger charge is 2.15. The number of rotatable bonds is 4. The van der Waals surface area contributed by atoms with E-state index in [1.54, 1.807) is 0 Å². The highest BCUT2D eigenvalue weighted by atomic mass is 14.9. The Labute approximate surface area is 220 Å². The Morgan fingerprint density at radius 1 is 0.368 bits per heavy atom. The highest BCUT2D eigenvalue weighted by molar-refractivity contribution is 6.08. The van der Waals surface area contributed by atoms with Gasteiger partial charge in [0.15, 0.2) is 11.6 Å². The maximum atomic E-state index is 5.02. The predicted molar refractivity (Wildman–Crippen MR) is 154 cm³/mol. The molecule has 0 aliphatic heterocycles. The van der Waals surface area contributed by atoms with Crippen LogP contribution in [0, 0.1) is 0 Å². The lowest BCUT2D eigenvalue weighted by atomic mass is 10.0. The summed E-state index contributed by atoms with van der Waals surface area (Å²) in [7, 11) is 0. The minimum atomic E-state index is 0.685. The van der Waals surface area contributed by atoms with Gasteiger partial charge in [0, 0.05) is 33.7 Å². The summed E-state index contributed by atoms with van der Waals surface area (Å²) in [6.45, 7) is 0. The summed E-state index contributed by atoms with van der Waals surface area (Å²) < 4.78 is 0. The Hall–Kier alpha value is -5.22. The van der Waals surface area contributed by atoms with Crippen LogP contribution in [0.1, 0.15) is 0 Å². The molecule has 4 nitrogen and oxygen atoms in total. The molecule has 4 heteroatoms. The van der Waals surface area contributed by atoms with Crippen molar-refractivity contribution in [3.8, 4) is 45.2 Å². The molecule has 0 atom stereocenters. The molecule has 0 saturated carbocycles. The van der Waals surface area contributed by atoms with Gasteiger partial charge in [-0.05, 0) is 23.3 Å². The first-order chi connectivity index (χ1) is 18.8. The molecule has 2 heterocycles. The summed E-state index contributed by atoms with van der Waals surface area (Å²) in [6, 6.07) is 43.2. The maximum absolute atomic E-state index is 5.02. The van der Waals surface area contributed by atoms with Crippen molar-refractivity contribution in [3.05, 3.63) is 134 Å². The van der Waals surface area contributed by atoms with Crippen LogP contribution >= 0.6 is 0 Å². The Morgan fingerprint density at radius 3 is 1.61 bits per heavy atom. The van der Waals surface area contributed by atoms with E-state index >= 15 is 0 Å². The number of hydrogen-bond acceptors (Lipinski definition) is 4. The topological polar surface area (TPSA) is 51.6 Å². The van der Waals surface area contributed by atoms with Crippen LogP contribution in [-0.4, -0.2) is 19.9 Å². The number of hydrogen-bond donors (Lipinski definition) is 0. The second-order valence-corrected chi connectivity index (χ2v) is 9.16. The quantitative estimate of drug-likeness (QED) is 0.235. The number of benzene rings is 5. The molecule has 0 N–H and O–H groups in total. The van der Waals surface area contributed by atoms with E-state index in [1.807, 2.05) is 66.9 Å². The van der Waals surface area contributed by atoms with E-state index in [4.69, 9.17) is 19.9 Å². The minimum Gasteiger partial charge on any atom is -0.236 e. The van der Waals surface area contributed by atoms with Gasteiger partial charge in [0.2, 0.25) is 0 Å². The molecule has 0 unspecified atom stereocenters. The van der Waals surface area contributed by atoms with Gasteiger partial charge in [-0.15, -0.1) is 0 Å². The van der Waals surface area contributed by atoms with Crippen LogP contribution in [0.4, 0.5) is 0 Å². The zero-order valence-electron chi connectivity index (χ0n) is 20.5. The molecule has 0 saturated heterocycles. The maximum Gasteiger partial charge on any atom is 0.160 e. The van der Waals surface area contributed by atoms with E-state index in [9.17, 15) is 0 Å². The molecule has 38 heavy (non-hydrogen) atoms. The van der Waals surface area contributed by atoms with Gasteiger partial charge in [0.25, 0.3) is 0 Å². The van der Waals surface area contributed by atoms with E-state index in [-0.39, 0.29) is 0 Å². The normalized spacial score (nSPS) is 11.2. The molecule has 5 aromatic carbocycles. The number of nitrogens with zero attached hydrogens (tertiary/aromatic N) is 4. The van der Waals surface area contributed by atoms with Crippen molar-refractivity contribution in [2.75, 3.05) is 0 Å². The van der Waals surface area contributed by atoms with Gasteiger partial charge in [-0.25, -0.2) is 19.9 Å². The van der Waals surface area contributed by atoms with Crippen LogP contribution in [0.5, 0.6) is 0 Å². The van der Waals surface area contributed by atoms with Gasteiger partial charge in [0.1, 0.15) is 0 Å². The molecule has 0 fully saturated rings. The first-order valence-corrected chi connectivity index (χ1v) is 12.6. The van der Waals surface area contributed by atoms with Crippen molar-refractivity contribution in [2.45, 2.75) is 0 Å². The Kier molecular flexibility index (Phi) is 5.41. The molecule has 0 radical (unpaired) electrons. The molecular formula is C34H22N4. The standard InChI is InChI=1S/C34H22N4/c1-4-10-23(11-5-1)24-16-18-27(19-17-24)33-35-22-29-30(36-33)21-20-28-31(25-12-6-2-7-13-25)37-34(38-32(28)29)26-14-8-3-9-15-26/h1-22H. The SMILES string of the molecule is c1ccc(-c2ccc(-c3ncc4c(ccc5c(-c6ccccc6)nc(-c6ccccc6)nc54)n3)cc2)cc1. The van der Waals surface area contributed by atoms with E-state index in [1.165, 1.54) is 11.1 Å². The molecule has 178 valence electrons. The van der Waals surface area contributed by atoms with Gasteiger partial charge >= 0.3 is 0 Å². The average Bonchev–Trinajstić information content (AvgIpc) is 3.01. The number of fused-ring (bicyclic) bond motifs is 3. The lowest BCUT2D eigenvalue weighted by Gasteiger charge is -2.11. The minimum absolute atomic E-state index is 0.685. The van der Waals surface area contributed by atoms with Crippen molar-refractivity contribution in [1.82, 2.24) is 19.9 Å². The molecule has 2 aromatic heterocycles. The van der Waals surface area contributed by atoms with E-state index < -0.39 is 0 Å². The van der Waals surface area contributed by atoms with Crippen molar-refractivity contribution >= 4 is 21.8 Å². The van der Waals surface area contributed by atoms with Crippen molar-refractivity contribution in [1.29, 1.82) is 0 Å². The smallest absolute Gasteiger partial charge is 0.160 e. The van der Waals surface area contributed by atoms with Crippen LogP contribution in [0.2, 0.25) is 0 Å². The molecule has 0 amide bonds. The van der Waals surface area contributed by atoms with Crippen molar-refractivity contribution < 1.29 is 0 Å². The molecule has 0 bridgehead atoms. The zero-order valence-corrected chi connectivity index (χ0v) is 20.5. The Bertz CT molecular complexity index is 1880. The number of aromatic nitrogens is 4. The summed E-state index contributed by atoms with van der Waals surface area (Å²) >= 11 is 0. The lowest BCUT2D eigenvalue weighted by Crippen LogP contribution is -1.97. The van der Waals surface area contributed by atoms with Crippen LogP contribution in [0.15, 0.2) is 134 Å². The Balaban J connectivity index is 1.37. The fourth-order valence-electron chi connectivity index (χ4n) is 4.81. The lowest BCUT2D eigenvalue weighted by molar-refractivity contribution is 1.21. The zero-order chi connectivity index (χ0) is 25.3. The molecule has 7 aromatic rings. The fourth-order valence-corrected chi connectivity index (χ4v) is 4.81. The van der Waals surface area contributed by atoms with Crippen LogP contribution in [-0.2, 0) is 0 Å². The third-order valence-corrected chi connectivity index (χ3v) is 6.76. The van der Waals surface area contributed by atoms with Crippen LogP contribution in [0.25, 0.3) is 67.0 Å². The van der Waals surface area contributed by atoms with Gasteiger partial charge in [0.05, 0.1) is 16.7 Å². The van der Waals surface area contributed by atoms with Crippen molar-refractivity contribution in [2.24, 2.45) is 0 Å². The molecule has 0 aliphatic rings. The largest absolute Gasteiger partial charge is 0.236 e. The van der Waals surface area contributed by atoms with Crippen molar-refractivity contribution in [3.63, 3.8) is 0 Å². The highest BCUT2D eigenvalue weighted by Crippen LogP contribution is 2.33.